The van der Waals surface area contributed by atoms with Gasteiger partial charge < -0.3 is 48.5 Å². The molecule has 0 amide bonds. The largest absolute Gasteiger partial charge is 0.466 e. The number of aliphatic hydroxyl groups is 3. The van der Waals surface area contributed by atoms with Gasteiger partial charge in [-0.1, -0.05) is 52.5 Å². The molecule has 4 rings (SSSR count). The van der Waals surface area contributed by atoms with Crippen LogP contribution >= 0.6 is 0 Å². The van der Waals surface area contributed by atoms with Crippen molar-refractivity contribution in [3.05, 3.63) is 23.8 Å². The molecule has 13 nitrogen and oxygen atoms in total. The molecule has 3 fully saturated rings. The van der Waals surface area contributed by atoms with Crippen molar-refractivity contribution in [2.24, 2.45) is 5.41 Å². The van der Waals surface area contributed by atoms with E-state index >= 15 is 0 Å². The number of fused-ring (bicyclic) bond motifs is 6. The Hall–Kier alpha value is -2.39. The molecule has 0 aliphatic carbocycles. The number of carbonyl (C=O) groups excluding carboxylic acids is 3. The summed E-state index contributed by atoms with van der Waals surface area (Å²) < 4.78 is 41.7. The highest BCUT2D eigenvalue weighted by molar-refractivity contribution is 5.83. The third-order valence-corrected chi connectivity index (χ3v) is 10.6. The molecular weight excluding hydrogens is 676 g/mol. The average Bonchev–Trinajstić information content (AvgIpc) is 3.08. The van der Waals surface area contributed by atoms with Crippen LogP contribution in [0.25, 0.3) is 0 Å². The van der Waals surface area contributed by atoms with Gasteiger partial charge in [0.15, 0.2) is 12.4 Å². The molecular formula is C39H62O13. The Balaban J connectivity index is 1.70. The van der Waals surface area contributed by atoms with E-state index in [9.17, 15) is 29.7 Å². The number of ether oxygens (including phenoxy) is 7. The highest BCUT2D eigenvalue weighted by Gasteiger charge is 2.57. The summed E-state index contributed by atoms with van der Waals surface area (Å²) in [6, 6.07) is 0. The van der Waals surface area contributed by atoms with Gasteiger partial charge in [0.2, 0.25) is 5.79 Å². The van der Waals surface area contributed by atoms with Crippen LogP contribution in [0, 0.1) is 5.41 Å². The number of cyclic esters (lactones) is 1. The Labute approximate surface area is 308 Å². The fraction of sp³-hybridized carbons (Fsp3) is 0.821. The lowest BCUT2D eigenvalue weighted by Crippen LogP contribution is -2.62. The molecule has 3 saturated heterocycles. The van der Waals surface area contributed by atoms with Gasteiger partial charge in [-0.2, -0.15) is 0 Å². The Morgan fingerprint density at radius 3 is 2.42 bits per heavy atom. The number of rotatable bonds is 9. The van der Waals surface area contributed by atoms with Crippen LogP contribution in [-0.4, -0.2) is 108 Å². The lowest BCUT2D eigenvalue weighted by atomic mass is 9.74. The molecule has 0 aromatic carbocycles. The maximum absolute atomic E-state index is 13.3. The van der Waals surface area contributed by atoms with Crippen LogP contribution in [0.1, 0.15) is 124 Å². The summed E-state index contributed by atoms with van der Waals surface area (Å²) in [4.78, 5) is 39.1. The standard InChI is InChI=1S/C39H62O13/c1-6-7-8-9-10-14-33(42)51-37-26(20-34(43)46-5)19-31-24-32(25(2)40)50-35(44)22-27(41)21-28-12-11-13-29(48-28)23-30-16-18-47-36(49-30)15-17-38(3,4)39(37,45)52-31/h15,17,20,25,27-32,36-37,40-41,45H,6-14,16,18-19,21-24H2,1-5H3/b17-15+,26-20+/t25?,27-,28?,29-,30+,31+,32-,36+,37+,39-/m1/s1. The first kappa shape index (κ1) is 42.4. The highest BCUT2D eigenvalue weighted by Crippen LogP contribution is 2.47. The summed E-state index contributed by atoms with van der Waals surface area (Å²) in [6.07, 6.45) is 6.24. The van der Waals surface area contributed by atoms with Crippen LogP contribution in [0.3, 0.4) is 0 Å². The van der Waals surface area contributed by atoms with Crippen molar-refractivity contribution in [1.29, 1.82) is 0 Å². The molecule has 4 heterocycles. The van der Waals surface area contributed by atoms with Crippen molar-refractivity contribution in [2.45, 2.75) is 185 Å². The molecule has 0 saturated carbocycles. The van der Waals surface area contributed by atoms with Gasteiger partial charge in [0.25, 0.3) is 0 Å². The minimum Gasteiger partial charge on any atom is -0.466 e. The molecule has 2 unspecified atom stereocenters. The third-order valence-electron chi connectivity index (χ3n) is 10.6. The van der Waals surface area contributed by atoms with Crippen molar-refractivity contribution in [3.8, 4) is 0 Å². The van der Waals surface area contributed by atoms with E-state index in [-0.39, 0.29) is 56.0 Å². The van der Waals surface area contributed by atoms with E-state index in [1.165, 1.54) is 20.1 Å². The van der Waals surface area contributed by atoms with Gasteiger partial charge in [0.1, 0.15) is 6.10 Å². The summed E-state index contributed by atoms with van der Waals surface area (Å²) in [5.41, 5.74) is -1.05. The second kappa shape index (κ2) is 19.8. The second-order valence-corrected chi connectivity index (χ2v) is 15.4. The first-order valence-electron chi connectivity index (χ1n) is 19.3. The average molecular weight is 739 g/mol. The van der Waals surface area contributed by atoms with Crippen molar-refractivity contribution in [3.63, 3.8) is 0 Å². The monoisotopic (exact) mass is 738 g/mol. The van der Waals surface area contributed by atoms with Gasteiger partial charge in [0.05, 0.1) is 56.8 Å². The van der Waals surface area contributed by atoms with Crippen LogP contribution in [0.2, 0.25) is 0 Å². The summed E-state index contributed by atoms with van der Waals surface area (Å²) in [5, 5.41) is 34.3. The number of aliphatic hydroxyl groups excluding tert-OH is 2. The lowest BCUT2D eigenvalue weighted by molar-refractivity contribution is -0.327. The molecule has 52 heavy (non-hydrogen) atoms. The topological polar surface area (TPSA) is 177 Å². The van der Waals surface area contributed by atoms with E-state index in [2.05, 4.69) is 6.92 Å². The summed E-state index contributed by atoms with van der Waals surface area (Å²) in [5.74, 6) is -4.23. The Morgan fingerprint density at radius 2 is 1.71 bits per heavy atom. The molecule has 3 N–H and O–H groups in total. The van der Waals surface area contributed by atoms with E-state index in [0.717, 1.165) is 44.9 Å². The maximum atomic E-state index is 13.3. The van der Waals surface area contributed by atoms with E-state index in [0.29, 0.717) is 25.9 Å². The van der Waals surface area contributed by atoms with E-state index < -0.39 is 65.9 Å². The minimum absolute atomic E-state index is 0.00818. The predicted molar refractivity (Wildman–Crippen MR) is 188 cm³/mol. The number of carbonyl (C=O) groups is 3. The SMILES string of the molecule is CCCCCCCC(=O)O[C@H]1/C(=C/C(=O)OC)C[C@H]2C[C@H](C(C)O)OC(=O)C[C@H](O)CC3CCC[C@H](C[C@@H]4CCO[C@H](/C=C/C(C)(C)[C@]1(O)O2)O4)O3. The van der Waals surface area contributed by atoms with Crippen LogP contribution in [0.15, 0.2) is 23.8 Å². The fourth-order valence-corrected chi connectivity index (χ4v) is 7.51. The normalized spacial score (nSPS) is 36.5. The van der Waals surface area contributed by atoms with Gasteiger partial charge in [-0.15, -0.1) is 0 Å². The molecule has 4 aliphatic heterocycles. The molecule has 4 aliphatic rings. The molecule has 0 aromatic heterocycles. The number of methoxy groups -OCH3 is 1. The first-order valence-corrected chi connectivity index (χ1v) is 19.3. The zero-order valence-electron chi connectivity index (χ0n) is 31.7. The Bertz CT molecular complexity index is 1230. The molecule has 0 aromatic rings. The second-order valence-electron chi connectivity index (χ2n) is 15.4. The molecule has 296 valence electrons. The molecule has 10 atom stereocenters. The Morgan fingerprint density at radius 1 is 1.00 bits per heavy atom. The van der Waals surface area contributed by atoms with Crippen LogP contribution in [0.5, 0.6) is 0 Å². The summed E-state index contributed by atoms with van der Waals surface area (Å²) in [6.45, 7) is 7.45. The fourth-order valence-electron chi connectivity index (χ4n) is 7.51. The van der Waals surface area contributed by atoms with Crippen LogP contribution < -0.4 is 0 Å². The minimum atomic E-state index is -2.26. The lowest BCUT2D eigenvalue weighted by Gasteiger charge is -2.51. The molecule has 0 spiro atoms. The van der Waals surface area contributed by atoms with Crippen LogP contribution in [0.4, 0.5) is 0 Å². The predicted octanol–water partition coefficient (Wildman–Crippen LogP) is 4.71. The molecule has 13 heteroatoms. The summed E-state index contributed by atoms with van der Waals surface area (Å²) in [7, 11) is 1.22. The number of hydrogen-bond acceptors (Lipinski definition) is 13. The van der Waals surface area contributed by atoms with Gasteiger partial charge in [-0.3, -0.25) is 9.59 Å². The Kier molecular flexibility index (Phi) is 16.1. The first-order chi connectivity index (χ1) is 24.7. The quantitative estimate of drug-likeness (QED) is 0.0976. The maximum Gasteiger partial charge on any atom is 0.330 e. The van der Waals surface area contributed by atoms with E-state index in [1.807, 2.05) is 0 Å². The number of unbranched alkanes of at least 4 members (excludes halogenated alkanes) is 4. The van der Waals surface area contributed by atoms with Crippen molar-refractivity contribution in [2.75, 3.05) is 13.7 Å². The van der Waals surface area contributed by atoms with Crippen molar-refractivity contribution in [1.82, 2.24) is 0 Å². The number of esters is 3. The van der Waals surface area contributed by atoms with E-state index in [4.69, 9.17) is 33.2 Å². The van der Waals surface area contributed by atoms with Gasteiger partial charge >= 0.3 is 17.9 Å². The zero-order valence-corrected chi connectivity index (χ0v) is 31.7. The third kappa shape index (κ3) is 12.1. The van der Waals surface area contributed by atoms with E-state index in [1.54, 1.807) is 26.0 Å². The van der Waals surface area contributed by atoms with Gasteiger partial charge in [0, 0.05) is 30.8 Å². The van der Waals surface area contributed by atoms with Crippen molar-refractivity contribution >= 4 is 17.9 Å². The van der Waals surface area contributed by atoms with Gasteiger partial charge in [-0.05, 0) is 63.5 Å². The smallest absolute Gasteiger partial charge is 0.330 e. The number of hydrogen-bond donors (Lipinski definition) is 3. The molecule has 0 radical (unpaired) electrons. The van der Waals surface area contributed by atoms with Crippen molar-refractivity contribution < 1.29 is 62.9 Å². The van der Waals surface area contributed by atoms with Gasteiger partial charge in [-0.25, -0.2) is 4.79 Å². The summed E-state index contributed by atoms with van der Waals surface area (Å²) >= 11 is 0. The van der Waals surface area contributed by atoms with Crippen LogP contribution in [-0.2, 0) is 47.5 Å². The molecule has 6 bridgehead atoms. The highest BCUT2D eigenvalue weighted by atomic mass is 16.7. The zero-order chi connectivity index (χ0) is 37.9.